The number of benzene rings is 1. The monoisotopic (exact) mass is 355 g/mol. The Hall–Kier alpha value is -2.96. The average Bonchev–Trinajstić information content (AvgIpc) is 3.21. The molecule has 0 fully saturated rings. The van der Waals surface area contributed by atoms with Gasteiger partial charge in [-0.15, -0.1) is 0 Å². The van der Waals surface area contributed by atoms with Crippen molar-refractivity contribution in [1.82, 2.24) is 24.6 Å². The van der Waals surface area contributed by atoms with Crippen molar-refractivity contribution in [3.63, 3.8) is 0 Å². The second kappa shape index (κ2) is 7.51. The van der Waals surface area contributed by atoms with E-state index in [1.54, 1.807) is 35.4 Å². The van der Waals surface area contributed by atoms with Gasteiger partial charge in [-0.2, -0.15) is 5.10 Å². The van der Waals surface area contributed by atoms with Gasteiger partial charge in [-0.25, -0.2) is 9.37 Å². The summed E-state index contributed by atoms with van der Waals surface area (Å²) in [4.78, 5) is 16.0. The molecule has 1 N–H and O–H groups in total. The molecule has 2 aromatic heterocycles. The lowest BCUT2D eigenvalue weighted by Gasteiger charge is -2.09. The molecule has 0 unspecified atom stereocenters. The summed E-state index contributed by atoms with van der Waals surface area (Å²) in [6.07, 6.45) is 5.85. The van der Waals surface area contributed by atoms with Gasteiger partial charge in [-0.3, -0.25) is 9.48 Å². The predicted octanol–water partition coefficient (Wildman–Crippen LogP) is 2.61. The van der Waals surface area contributed by atoms with Crippen LogP contribution in [0.1, 0.15) is 28.9 Å². The Kier molecular flexibility index (Phi) is 5.16. The van der Waals surface area contributed by atoms with Crippen LogP contribution in [0.15, 0.2) is 36.9 Å². The Morgan fingerprint density at radius 3 is 2.73 bits per heavy atom. The number of rotatable bonds is 6. The Balaban J connectivity index is 1.55. The summed E-state index contributed by atoms with van der Waals surface area (Å²) in [6, 6.07) is 4.92. The molecule has 0 saturated carbocycles. The highest BCUT2D eigenvalue weighted by atomic mass is 19.1. The highest BCUT2D eigenvalue weighted by Crippen LogP contribution is 2.16. The maximum atomic E-state index is 14.2. The fourth-order valence-electron chi connectivity index (χ4n) is 2.98. The molecule has 0 aliphatic heterocycles. The van der Waals surface area contributed by atoms with Crippen molar-refractivity contribution in [3.05, 3.63) is 65.3 Å². The highest BCUT2D eigenvalue weighted by molar-refractivity contribution is 5.76. The molecule has 0 aliphatic rings. The van der Waals surface area contributed by atoms with E-state index in [4.69, 9.17) is 0 Å². The van der Waals surface area contributed by atoms with Crippen LogP contribution in [0, 0.1) is 19.7 Å². The number of carbonyl (C=O) groups excluding carboxylic acids is 1. The maximum Gasteiger partial charge on any atom is 0.220 e. The van der Waals surface area contributed by atoms with Gasteiger partial charge in [0.25, 0.3) is 0 Å². The maximum absolute atomic E-state index is 14.2. The fraction of sp³-hybridized carbons (Fsp3) is 0.316. The van der Waals surface area contributed by atoms with E-state index in [0.29, 0.717) is 30.6 Å². The van der Waals surface area contributed by atoms with Crippen LogP contribution in [-0.4, -0.2) is 25.2 Å². The smallest absolute Gasteiger partial charge is 0.220 e. The van der Waals surface area contributed by atoms with Crippen molar-refractivity contribution >= 4 is 5.91 Å². The van der Waals surface area contributed by atoms with Gasteiger partial charge in [0.15, 0.2) is 0 Å². The molecule has 3 aromatic rings. The van der Waals surface area contributed by atoms with Crippen molar-refractivity contribution in [3.8, 4) is 5.69 Å². The summed E-state index contributed by atoms with van der Waals surface area (Å²) >= 11 is 0. The minimum Gasteiger partial charge on any atom is -0.352 e. The summed E-state index contributed by atoms with van der Waals surface area (Å²) in [5.74, 6) is -0.414. The molecular weight excluding hydrogens is 333 g/mol. The number of halogens is 1. The van der Waals surface area contributed by atoms with E-state index >= 15 is 0 Å². The topological polar surface area (TPSA) is 64.7 Å². The van der Waals surface area contributed by atoms with Gasteiger partial charge in [0, 0.05) is 38.1 Å². The third-order valence-electron chi connectivity index (χ3n) is 4.55. The predicted molar refractivity (Wildman–Crippen MR) is 96.4 cm³/mol. The summed E-state index contributed by atoms with van der Waals surface area (Å²) in [5, 5.41) is 7.20. The fourth-order valence-corrected chi connectivity index (χ4v) is 2.98. The number of nitrogens with one attached hydrogen (secondary N) is 1. The summed E-state index contributed by atoms with van der Waals surface area (Å²) in [7, 11) is 1.90. The zero-order valence-corrected chi connectivity index (χ0v) is 15.2. The normalized spacial score (nSPS) is 10.9. The molecule has 0 saturated heterocycles. The first-order valence-electron chi connectivity index (χ1n) is 8.48. The van der Waals surface area contributed by atoms with Crippen molar-refractivity contribution in [2.45, 2.75) is 33.2 Å². The minimum atomic E-state index is -0.351. The Labute approximate surface area is 151 Å². The van der Waals surface area contributed by atoms with Crippen LogP contribution in [0.25, 0.3) is 5.69 Å². The first-order valence-corrected chi connectivity index (χ1v) is 8.48. The van der Waals surface area contributed by atoms with Gasteiger partial charge in [0.1, 0.15) is 5.82 Å². The zero-order chi connectivity index (χ0) is 18.7. The molecule has 136 valence electrons. The number of nitrogens with zero attached hydrogens (tertiary/aromatic N) is 4. The molecule has 3 rings (SSSR count). The lowest BCUT2D eigenvalue weighted by molar-refractivity contribution is -0.121. The van der Waals surface area contributed by atoms with Crippen molar-refractivity contribution in [1.29, 1.82) is 0 Å². The number of carbonyl (C=O) groups is 1. The third kappa shape index (κ3) is 3.82. The third-order valence-corrected chi connectivity index (χ3v) is 4.55. The first-order chi connectivity index (χ1) is 12.5. The molecule has 7 heteroatoms. The Morgan fingerprint density at radius 2 is 2.12 bits per heavy atom. The number of imidazole rings is 1. The van der Waals surface area contributed by atoms with Crippen molar-refractivity contribution in [2.24, 2.45) is 7.05 Å². The number of aromatic nitrogens is 4. The largest absolute Gasteiger partial charge is 0.352 e. The van der Waals surface area contributed by atoms with E-state index in [0.717, 1.165) is 17.0 Å². The molecule has 6 nitrogen and oxygen atoms in total. The van der Waals surface area contributed by atoms with E-state index in [2.05, 4.69) is 15.4 Å². The first kappa shape index (κ1) is 17.8. The molecular formula is C19H22FN5O. The molecule has 1 amide bonds. The van der Waals surface area contributed by atoms with Gasteiger partial charge in [-0.05, 0) is 43.5 Å². The molecule has 26 heavy (non-hydrogen) atoms. The Bertz CT molecular complexity index is 914. The standard InChI is InChI=1S/C19H22FN5O/c1-13-16(14(2)24(3)23-13)5-7-19(26)22-11-15-4-6-18(17(20)10-15)25-9-8-21-12-25/h4,6,8-10,12H,5,7,11H2,1-3H3,(H,22,26). The van der Waals surface area contributed by atoms with Crippen LogP contribution in [0.5, 0.6) is 0 Å². The van der Waals surface area contributed by atoms with Crippen LogP contribution in [0.2, 0.25) is 0 Å². The number of amides is 1. The molecule has 0 atom stereocenters. The molecule has 0 aliphatic carbocycles. The second-order valence-corrected chi connectivity index (χ2v) is 6.31. The number of aryl methyl sites for hydroxylation is 2. The minimum absolute atomic E-state index is 0.0632. The SMILES string of the molecule is Cc1nn(C)c(C)c1CCC(=O)NCc1ccc(-n2ccnc2)c(F)c1. The van der Waals surface area contributed by atoms with E-state index in [-0.39, 0.29) is 11.7 Å². The van der Waals surface area contributed by atoms with Gasteiger partial charge >= 0.3 is 0 Å². The number of hydrogen-bond donors (Lipinski definition) is 1. The lowest BCUT2D eigenvalue weighted by atomic mass is 10.1. The molecule has 0 radical (unpaired) electrons. The van der Waals surface area contributed by atoms with Crippen LogP contribution >= 0.6 is 0 Å². The summed E-state index contributed by atoms with van der Waals surface area (Å²) < 4.78 is 17.7. The molecule has 0 bridgehead atoms. The summed E-state index contributed by atoms with van der Waals surface area (Å²) in [5.41, 5.74) is 4.29. The highest BCUT2D eigenvalue weighted by Gasteiger charge is 2.12. The molecule has 2 heterocycles. The van der Waals surface area contributed by atoms with Gasteiger partial charge in [0.2, 0.25) is 5.91 Å². The zero-order valence-electron chi connectivity index (χ0n) is 15.2. The van der Waals surface area contributed by atoms with E-state index in [9.17, 15) is 9.18 Å². The summed E-state index contributed by atoms with van der Waals surface area (Å²) in [6.45, 7) is 4.24. The van der Waals surface area contributed by atoms with Crippen LogP contribution < -0.4 is 5.32 Å². The van der Waals surface area contributed by atoms with Gasteiger partial charge in [-0.1, -0.05) is 6.07 Å². The van der Waals surface area contributed by atoms with Crippen molar-refractivity contribution in [2.75, 3.05) is 0 Å². The van der Waals surface area contributed by atoms with Gasteiger partial charge in [0.05, 0.1) is 17.7 Å². The average molecular weight is 355 g/mol. The lowest BCUT2D eigenvalue weighted by Crippen LogP contribution is -2.23. The van der Waals surface area contributed by atoms with E-state index in [1.165, 1.54) is 6.07 Å². The van der Waals surface area contributed by atoms with Gasteiger partial charge < -0.3 is 9.88 Å². The molecule has 1 aromatic carbocycles. The van der Waals surface area contributed by atoms with E-state index in [1.807, 2.05) is 25.6 Å². The van der Waals surface area contributed by atoms with E-state index < -0.39 is 0 Å². The van der Waals surface area contributed by atoms with Crippen LogP contribution in [0.4, 0.5) is 4.39 Å². The Morgan fingerprint density at radius 1 is 1.31 bits per heavy atom. The quantitative estimate of drug-likeness (QED) is 0.739. The second-order valence-electron chi connectivity index (χ2n) is 6.31. The van der Waals surface area contributed by atoms with Crippen LogP contribution in [0.3, 0.4) is 0 Å². The van der Waals surface area contributed by atoms with Crippen molar-refractivity contribution < 1.29 is 9.18 Å². The number of hydrogen-bond acceptors (Lipinski definition) is 3. The molecule has 0 spiro atoms. The van der Waals surface area contributed by atoms with Crippen LogP contribution in [-0.2, 0) is 24.8 Å².